The number of hydrogen-bond acceptors (Lipinski definition) is 1. The Morgan fingerprint density at radius 1 is 1.38 bits per heavy atom. The van der Waals surface area contributed by atoms with Crippen LogP contribution in [0.1, 0.15) is 15.9 Å². The van der Waals surface area contributed by atoms with Gasteiger partial charge in [0.05, 0.1) is 10.0 Å². The second-order valence-corrected chi connectivity index (χ2v) is 3.18. The van der Waals surface area contributed by atoms with Crippen LogP contribution in [0.3, 0.4) is 0 Å². The molecule has 1 aromatic carbocycles. The van der Waals surface area contributed by atoms with Crippen LogP contribution in [0.4, 0.5) is 0 Å². The van der Waals surface area contributed by atoms with E-state index in [9.17, 15) is 4.79 Å². The van der Waals surface area contributed by atoms with Crippen LogP contribution in [-0.2, 0) is 0 Å². The first kappa shape index (κ1) is 12.8. The minimum Gasteiger partial charge on any atom is -0.366 e. The Morgan fingerprint density at radius 2 is 1.92 bits per heavy atom. The number of primary amides is 1. The molecule has 0 aliphatic heterocycles. The second-order valence-electron chi connectivity index (χ2n) is 2.40. The average molecular weight is 285 g/mol. The van der Waals surface area contributed by atoms with E-state index in [1.165, 1.54) is 0 Å². The SMILES string of the molecule is Br.Cc1c(C(N)=O)ccc(Cl)c1Cl. The molecule has 0 saturated heterocycles. The molecule has 0 fully saturated rings. The summed E-state index contributed by atoms with van der Waals surface area (Å²) < 4.78 is 0. The van der Waals surface area contributed by atoms with Crippen molar-refractivity contribution in [2.75, 3.05) is 0 Å². The number of benzene rings is 1. The molecule has 0 bridgehead atoms. The summed E-state index contributed by atoms with van der Waals surface area (Å²) in [6.45, 7) is 1.70. The Bertz CT molecular complexity index is 341. The maximum Gasteiger partial charge on any atom is 0.249 e. The van der Waals surface area contributed by atoms with Crippen LogP contribution in [0.25, 0.3) is 0 Å². The molecule has 5 heteroatoms. The van der Waals surface area contributed by atoms with Gasteiger partial charge in [0.2, 0.25) is 5.91 Å². The van der Waals surface area contributed by atoms with Crippen molar-refractivity contribution < 1.29 is 4.79 Å². The van der Waals surface area contributed by atoms with E-state index in [4.69, 9.17) is 28.9 Å². The average Bonchev–Trinajstić information content (AvgIpc) is 2.00. The van der Waals surface area contributed by atoms with Crippen molar-refractivity contribution in [3.8, 4) is 0 Å². The van der Waals surface area contributed by atoms with Gasteiger partial charge in [0.15, 0.2) is 0 Å². The minimum atomic E-state index is -0.494. The normalized spacial score (nSPS) is 9.15. The highest BCUT2D eigenvalue weighted by atomic mass is 79.9. The summed E-state index contributed by atoms with van der Waals surface area (Å²) in [7, 11) is 0. The van der Waals surface area contributed by atoms with Gasteiger partial charge in [-0.3, -0.25) is 4.79 Å². The second kappa shape index (κ2) is 4.84. The third-order valence-electron chi connectivity index (χ3n) is 1.60. The molecular formula is C8H8BrCl2NO. The quantitative estimate of drug-likeness (QED) is 0.846. The zero-order valence-corrected chi connectivity index (χ0v) is 10.0. The van der Waals surface area contributed by atoms with Crippen LogP contribution in [0.2, 0.25) is 10.0 Å². The van der Waals surface area contributed by atoms with Crippen LogP contribution < -0.4 is 5.73 Å². The highest BCUT2D eigenvalue weighted by molar-refractivity contribution is 8.93. The van der Waals surface area contributed by atoms with Gasteiger partial charge in [0, 0.05) is 5.56 Å². The van der Waals surface area contributed by atoms with Crippen LogP contribution in [-0.4, -0.2) is 5.91 Å². The summed E-state index contributed by atoms with van der Waals surface area (Å²) >= 11 is 11.5. The lowest BCUT2D eigenvalue weighted by atomic mass is 10.1. The van der Waals surface area contributed by atoms with Crippen molar-refractivity contribution in [1.29, 1.82) is 0 Å². The first-order valence-electron chi connectivity index (χ1n) is 3.28. The standard InChI is InChI=1S/C8H7Cl2NO.BrH/c1-4-5(8(11)12)2-3-6(9)7(4)10;/h2-3H,1H3,(H2,11,12);1H. The number of hydrogen-bond donors (Lipinski definition) is 1. The molecule has 2 nitrogen and oxygen atoms in total. The van der Waals surface area contributed by atoms with Gasteiger partial charge in [-0.15, -0.1) is 17.0 Å². The molecule has 13 heavy (non-hydrogen) atoms. The molecule has 0 aromatic heterocycles. The number of carbonyl (C=O) groups excluding carboxylic acids is 1. The fourth-order valence-corrected chi connectivity index (χ4v) is 1.29. The zero-order valence-electron chi connectivity index (χ0n) is 6.80. The molecule has 0 aliphatic carbocycles. The number of halogens is 3. The van der Waals surface area contributed by atoms with Gasteiger partial charge in [-0.1, -0.05) is 23.2 Å². The fraction of sp³-hybridized carbons (Fsp3) is 0.125. The van der Waals surface area contributed by atoms with Crippen molar-refractivity contribution in [2.24, 2.45) is 5.73 Å². The highest BCUT2D eigenvalue weighted by Crippen LogP contribution is 2.27. The van der Waals surface area contributed by atoms with Gasteiger partial charge in [-0.05, 0) is 24.6 Å². The molecule has 2 N–H and O–H groups in total. The number of amides is 1. The predicted molar refractivity (Wildman–Crippen MR) is 60.0 cm³/mol. The first-order chi connectivity index (χ1) is 5.54. The Morgan fingerprint density at radius 3 is 2.38 bits per heavy atom. The molecular weight excluding hydrogens is 277 g/mol. The van der Waals surface area contributed by atoms with Crippen LogP contribution in [0.15, 0.2) is 12.1 Å². The third-order valence-corrected chi connectivity index (χ3v) is 2.50. The van der Waals surface area contributed by atoms with Crippen molar-refractivity contribution in [2.45, 2.75) is 6.92 Å². The maximum absolute atomic E-state index is 10.8. The van der Waals surface area contributed by atoms with E-state index < -0.39 is 5.91 Å². The molecule has 72 valence electrons. The van der Waals surface area contributed by atoms with Crippen molar-refractivity contribution in [3.05, 3.63) is 33.3 Å². The molecule has 1 rings (SSSR count). The molecule has 0 aliphatic rings. The summed E-state index contributed by atoms with van der Waals surface area (Å²) in [6.07, 6.45) is 0. The predicted octanol–water partition coefficient (Wildman–Crippen LogP) is 2.98. The van der Waals surface area contributed by atoms with Gasteiger partial charge in [-0.25, -0.2) is 0 Å². The molecule has 0 radical (unpaired) electrons. The fourth-order valence-electron chi connectivity index (χ4n) is 0.919. The number of nitrogens with two attached hydrogens (primary N) is 1. The van der Waals surface area contributed by atoms with E-state index in [-0.39, 0.29) is 17.0 Å². The lowest BCUT2D eigenvalue weighted by Crippen LogP contribution is -2.12. The lowest BCUT2D eigenvalue weighted by molar-refractivity contribution is 0.1000. The molecule has 1 amide bonds. The number of rotatable bonds is 1. The smallest absolute Gasteiger partial charge is 0.249 e. The van der Waals surface area contributed by atoms with Gasteiger partial charge in [0.25, 0.3) is 0 Å². The first-order valence-corrected chi connectivity index (χ1v) is 4.04. The van der Waals surface area contributed by atoms with E-state index in [2.05, 4.69) is 0 Å². The van der Waals surface area contributed by atoms with E-state index in [0.29, 0.717) is 21.2 Å². The molecule has 0 saturated carbocycles. The van der Waals surface area contributed by atoms with E-state index in [0.717, 1.165) is 0 Å². The zero-order chi connectivity index (χ0) is 9.30. The van der Waals surface area contributed by atoms with Gasteiger partial charge < -0.3 is 5.73 Å². The Kier molecular flexibility index (Phi) is 4.75. The summed E-state index contributed by atoms with van der Waals surface area (Å²) in [5, 5.41) is 0.812. The Labute approximate surface area is 96.8 Å². The molecule has 0 spiro atoms. The summed E-state index contributed by atoms with van der Waals surface area (Å²) in [4.78, 5) is 10.8. The van der Waals surface area contributed by atoms with Gasteiger partial charge in [-0.2, -0.15) is 0 Å². The molecule has 0 unspecified atom stereocenters. The van der Waals surface area contributed by atoms with Crippen LogP contribution in [0, 0.1) is 6.92 Å². The topological polar surface area (TPSA) is 43.1 Å². The lowest BCUT2D eigenvalue weighted by Gasteiger charge is -2.04. The molecule has 0 heterocycles. The van der Waals surface area contributed by atoms with Crippen LogP contribution in [0.5, 0.6) is 0 Å². The van der Waals surface area contributed by atoms with Gasteiger partial charge >= 0.3 is 0 Å². The minimum absolute atomic E-state index is 0. The summed E-state index contributed by atoms with van der Waals surface area (Å²) in [6, 6.07) is 3.11. The summed E-state index contributed by atoms with van der Waals surface area (Å²) in [5.74, 6) is -0.494. The maximum atomic E-state index is 10.8. The van der Waals surface area contributed by atoms with Gasteiger partial charge in [0.1, 0.15) is 0 Å². The van der Waals surface area contributed by atoms with E-state index >= 15 is 0 Å². The monoisotopic (exact) mass is 283 g/mol. The van der Waals surface area contributed by atoms with Crippen molar-refractivity contribution >= 4 is 46.1 Å². The highest BCUT2D eigenvalue weighted by Gasteiger charge is 2.09. The Balaban J connectivity index is 0.00000144. The van der Waals surface area contributed by atoms with E-state index in [1.807, 2.05) is 0 Å². The third kappa shape index (κ3) is 2.59. The number of carbonyl (C=O) groups is 1. The largest absolute Gasteiger partial charge is 0.366 e. The van der Waals surface area contributed by atoms with E-state index in [1.54, 1.807) is 19.1 Å². The Hall–Kier alpha value is -0.250. The summed E-state index contributed by atoms with van der Waals surface area (Å²) in [5.41, 5.74) is 6.12. The van der Waals surface area contributed by atoms with Crippen LogP contribution >= 0.6 is 40.2 Å². The molecule has 0 atom stereocenters. The van der Waals surface area contributed by atoms with Crippen molar-refractivity contribution in [1.82, 2.24) is 0 Å². The van der Waals surface area contributed by atoms with Crippen molar-refractivity contribution in [3.63, 3.8) is 0 Å². The molecule has 1 aromatic rings.